The molecule has 1 atom stereocenters. The van der Waals surface area contributed by atoms with E-state index in [4.69, 9.17) is 25.5 Å². The second kappa shape index (κ2) is 7.96. The van der Waals surface area contributed by atoms with Gasteiger partial charge in [-0.3, -0.25) is 4.79 Å². The van der Waals surface area contributed by atoms with Gasteiger partial charge in [0.1, 0.15) is 5.69 Å². The molecule has 1 saturated heterocycles. The second-order valence-electron chi connectivity index (χ2n) is 6.06. The first-order valence-corrected chi connectivity index (χ1v) is 8.96. The summed E-state index contributed by atoms with van der Waals surface area (Å²) in [5, 5.41) is 7.93. The highest BCUT2D eigenvalue weighted by Crippen LogP contribution is 2.25. The fourth-order valence-electron chi connectivity index (χ4n) is 2.82. The molecule has 1 amide bonds. The van der Waals surface area contributed by atoms with Crippen molar-refractivity contribution >= 4 is 17.5 Å². The quantitative estimate of drug-likeness (QED) is 0.728. The van der Waals surface area contributed by atoms with E-state index >= 15 is 0 Å². The van der Waals surface area contributed by atoms with Crippen LogP contribution >= 0.6 is 11.6 Å². The average molecular weight is 388 g/mol. The van der Waals surface area contributed by atoms with Gasteiger partial charge in [-0.1, -0.05) is 11.6 Å². The first kappa shape index (κ1) is 17.8. The molecule has 1 aliphatic heterocycles. The summed E-state index contributed by atoms with van der Waals surface area (Å²) in [4.78, 5) is 12.6. The third kappa shape index (κ3) is 4.05. The van der Waals surface area contributed by atoms with Crippen molar-refractivity contribution in [2.24, 2.45) is 0 Å². The Hall–Kier alpha value is -2.61. The Kier molecular flexibility index (Phi) is 5.24. The number of hydrogen-bond donors (Lipinski definition) is 1. The molecule has 0 bridgehead atoms. The molecule has 1 fully saturated rings. The Labute approximate surface area is 160 Å². The van der Waals surface area contributed by atoms with Crippen molar-refractivity contribution in [3.63, 3.8) is 0 Å². The predicted molar refractivity (Wildman–Crippen MR) is 99.2 cm³/mol. The van der Waals surface area contributed by atoms with Crippen LogP contribution in [0.15, 0.2) is 53.1 Å². The number of carbonyl (C=O) groups is 1. The smallest absolute Gasteiger partial charge is 0.271 e. The van der Waals surface area contributed by atoms with Gasteiger partial charge in [-0.25, -0.2) is 4.68 Å². The van der Waals surface area contributed by atoms with E-state index in [1.54, 1.807) is 35.2 Å². The number of nitrogens with one attached hydrogen (secondary N) is 1. The molecule has 1 aromatic carbocycles. The number of nitrogens with zero attached hydrogens (tertiary/aromatic N) is 2. The van der Waals surface area contributed by atoms with Crippen molar-refractivity contribution in [1.82, 2.24) is 15.1 Å². The van der Waals surface area contributed by atoms with Gasteiger partial charge >= 0.3 is 0 Å². The van der Waals surface area contributed by atoms with Gasteiger partial charge < -0.3 is 19.2 Å². The lowest BCUT2D eigenvalue weighted by molar-refractivity contribution is -0.0855. The largest absolute Gasteiger partial charge is 0.463 e. The van der Waals surface area contributed by atoms with E-state index in [1.807, 2.05) is 18.2 Å². The maximum absolute atomic E-state index is 12.6. The fourth-order valence-corrected chi connectivity index (χ4v) is 2.95. The zero-order chi connectivity index (χ0) is 18.6. The van der Waals surface area contributed by atoms with E-state index in [1.165, 1.54) is 0 Å². The number of carbonyl (C=O) groups excluding carboxylic acids is 1. The maximum Gasteiger partial charge on any atom is 0.271 e. The van der Waals surface area contributed by atoms with Crippen molar-refractivity contribution in [3.05, 3.63) is 59.4 Å². The molecule has 140 valence electrons. The maximum atomic E-state index is 12.6. The zero-order valence-electron chi connectivity index (χ0n) is 14.4. The summed E-state index contributed by atoms with van der Waals surface area (Å²) in [6.07, 6.45) is 1.43. The molecule has 2 aromatic heterocycles. The lowest BCUT2D eigenvalue weighted by Crippen LogP contribution is -2.39. The van der Waals surface area contributed by atoms with Crippen molar-refractivity contribution in [2.45, 2.75) is 6.10 Å². The van der Waals surface area contributed by atoms with Gasteiger partial charge in [0.25, 0.3) is 5.91 Å². The highest BCUT2D eigenvalue weighted by atomic mass is 35.5. The van der Waals surface area contributed by atoms with Crippen LogP contribution in [-0.4, -0.2) is 48.2 Å². The van der Waals surface area contributed by atoms with Crippen LogP contribution in [0.5, 0.6) is 0 Å². The van der Waals surface area contributed by atoms with Crippen LogP contribution in [0.1, 0.15) is 10.5 Å². The third-order valence-corrected chi connectivity index (χ3v) is 4.41. The molecule has 1 N–H and O–H groups in total. The lowest BCUT2D eigenvalue weighted by atomic mass is 10.2. The van der Waals surface area contributed by atoms with Gasteiger partial charge in [-0.2, -0.15) is 5.10 Å². The molecular weight excluding hydrogens is 370 g/mol. The molecule has 3 heterocycles. The highest BCUT2D eigenvalue weighted by molar-refractivity contribution is 6.30. The average Bonchev–Trinajstić information content (AvgIpc) is 3.37. The molecule has 4 rings (SSSR count). The minimum absolute atomic E-state index is 0.148. The Morgan fingerprint density at radius 3 is 2.81 bits per heavy atom. The van der Waals surface area contributed by atoms with Crippen LogP contribution in [-0.2, 0) is 9.47 Å². The predicted octanol–water partition coefficient (Wildman–Crippen LogP) is 2.93. The van der Waals surface area contributed by atoms with Gasteiger partial charge in [0.05, 0.1) is 37.9 Å². The summed E-state index contributed by atoms with van der Waals surface area (Å²) in [5.41, 5.74) is 1.73. The number of furan rings is 1. The number of benzene rings is 1. The van der Waals surface area contributed by atoms with Gasteiger partial charge in [0.2, 0.25) is 0 Å². The Bertz CT molecular complexity index is 900. The van der Waals surface area contributed by atoms with E-state index < -0.39 is 0 Å². The van der Waals surface area contributed by atoms with Crippen molar-refractivity contribution < 1.29 is 18.7 Å². The van der Waals surface area contributed by atoms with E-state index in [0.29, 0.717) is 42.8 Å². The Morgan fingerprint density at radius 1 is 1.26 bits per heavy atom. The molecule has 0 unspecified atom stereocenters. The number of rotatable bonds is 5. The van der Waals surface area contributed by atoms with Crippen molar-refractivity contribution in [2.75, 3.05) is 26.4 Å². The normalized spacial score (nSPS) is 17.0. The van der Waals surface area contributed by atoms with Crippen LogP contribution in [0.4, 0.5) is 0 Å². The molecule has 7 nitrogen and oxygen atoms in total. The van der Waals surface area contributed by atoms with E-state index in [-0.39, 0.29) is 17.7 Å². The summed E-state index contributed by atoms with van der Waals surface area (Å²) in [7, 11) is 0. The van der Waals surface area contributed by atoms with Crippen LogP contribution in [0.2, 0.25) is 5.02 Å². The molecule has 0 aliphatic carbocycles. The van der Waals surface area contributed by atoms with Gasteiger partial charge in [0, 0.05) is 17.6 Å². The molecular formula is C19H18ClN3O4. The summed E-state index contributed by atoms with van der Waals surface area (Å²) in [6.45, 7) is 1.96. The van der Waals surface area contributed by atoms with E-state index in [9.17, 15) is 4.79 Å². The second-order valence-corrected chi connectivity index (χ2v) is 6.49. The summed E-state index contributed by atoms with van der Waals surface area (Å²) < 4.78 is 18.0. The first-order chi connectivity index (χ1) is 13.2. The Morgan fingerprint density at radius 2 is 2.11 bits per heavy atom. The highest BCUT2D eigenvalue weighted by Gasteiger charge is 2.20. The van der Waals surface area contributed by atoms with Gasteiger partial charge in [-0.15, -0.1) is 0 Å². The van der Waals surface area contributed by atoms with E-state index in [0.717, 1.165) is 5.69 Å². The monoisotopic (exact) mass is 387 g/mol. The van der Waals surface area contributed by atoms with Crippen LogP contribution in [0.3, 0.4) is 0 Å². The summed E-state index contributed by atoms with van der Waals surface area (Å²) in [6, 6.07) is 12.5. The van der Waals surface area contributed by atoms with Crippen LogP contribution in [0, 0.1) is 0 Å². The standard InChI is InChI=1S/C19H18ClN3O4/c20-13-3-5-14(6-4-13)23-17(18-2-1-7-27-18)10-16(22-23)19(24)21-11-15-12-25-8-9-26-15/h1-7,10,15H,8-9,11-12H2,(H,21,24)/t15-/m1/s1. The molecule has 27 heavy (non-hydrogen) atoms. The number of aromatic nitrogens is 2. The fraction of sp³-hybridized carbons (Fsp3) is 0.263. The topological polar surface area (TPSA) is 78.5 Å². The molecule has 0 radical (unpaired) electrons. The van der Waals surface area contributed by atoms with Crippen molar-refractivity contribution in [1.29, 1.82) is 0 Å². The Balaban J connectivity index is 1.58. The summed E-state index contributed by atoms with van der Waals surface area (Å²) >= 11 is 5.97. The molecule has 1 aliphatic rings. The van der Waals surface area contributed by atoms with Gasteiger partial charge in [-0.05, 0) is 36.4 Å². The van der Waals surface area contributed by atoms with Gasteiger partial charge in [0.15, 0.2) is 11.5 Å². The first-order valence-electron chi connectivity index (χ1n) is 8.58. The number of amides is 1. The van der Waals surface area contributed by atoms with Crippen molar-refractivity contribution in [3.8, 4) is 17.1 Å². The summed E-state index contributed by atoms with van der Waals surface area (Å²) in [5.74, 6) is 0.324. The molecule has 3 aromatic rings. The van der Waals surface area contributed by atoms with Crippen LogP contribution < -0.4 is 5.32 Å². The number of ether oxygens (including phenoxy) is 2. The minimum Gasteiger partial charge on any atom is -0.463 e. The SMILES string of the molecule is O=C(NC[C@@H]1COCCO1)c1cc(-c2ccco2)n(-c2ccc(Cl)cc2)n1. The lowest BCUT2D eigenvalue weighted by Gasteiger charge is -2.22. The third-order valence-electron chi connectivity index (χ3n) is 4.16. The molecule has 0 spiro atoms. The van der Waals surface area contributed by atoms with E-state index in [2.05, 4.69) is 10.4 Å². The molecule has 8 heteroatoms. The number of halogens is 1. The molecule has 0 saturated carbocycles. The minimum atomic E-state index is -0.287. The van der Waals surface area contributed by atoms with Crippen LogP contribution in [0.25, 0.3) is 17.1 Å². The zero-order valence-corrected chi connectivity index (χ0v) is 15.2. The number of hydrogen-bond acceptors (Lipinski definition) is 5.